The number of alkyl halides is 3. The molecule has 0 saturated heterocycles. The van der Waals surface area contributed by atoms with E-state index in [1.54, 1.807) is 45.0 Å². The van der Waals surface area contributed by atoms with E-state index in [9.17, 15) is 22.8 Å². The predicted molar refractivity (Wildman–Crippen MR) is 122 cm³/mol. The smallest absolute Gasteiger partial charge is 0.423 e. The van der Waals surface area contributed by atoms with Crippen LogP contribution in [0.5, 0.6) is 5.75 Å². The number of carbonyl (C=O) groups excluding carboxylic acids is 1. The van der Waals surface area contributed by atoms with E-state index in [0.717, 1.165) is 10.9 Å². The number of methoxy groups -OCH3 is 2. The summed E-state index contributed by atoms with van der Waals surface area (Å²) in [6, 6.07) is 5.72. The van der Waals surface area contributed by atoms with E-state index in [2.05, 4.69) is 10.4 Å². The van der Waals surface area contributed by atoms with Gasteiger partial charge in [0, 0.05) is 7.11 Å². The fourth-order valence-corrected chi connectivity index (χ4v) is 3.10. The van der Waals surface area contributed by atoms with Crippen LogP contribution in [0.3, 0.4) is 0 Å². The van der Waals surface area contributed by atoms with Crippen molar-refractivity contribution in [1.29, 1.82) is 0 Å². The highest BCUT2D eigenvalue weighted by Crippen LogP contribution is 2.32. The number of carbonyl (C=O) groups is 1. The topological polar surface area (TPSA) is 101 Å². The van der Waals surface area contributed by atoms with Gasteiger partial charge in [-0.15, -0.1) is 0 Å². The highest BCUT2D eigenvalue weighted by molar-refractivity contribution is 5.71. The summed E-state index contributed by atoms with van der Waals surface area (Å²) in [7, 11) is 2.85. The SMILES string of the molecule is COC[C@@H](COCC(=O)OC(C)(C)C)Nc1cnn(Cc2ccc(OC)cc2)c(=O)c1C(F)(F)F. The first-order chi connectivity index (χ1) is 16.3. The zero-order valence-corrected chi connectivity index (χ0v) is 20.3. The molecular formula is C23H30F3N3O6. The summed E-state index contributed by atoms with van der Waals surface area (Å²) in [5.74, 6) is -0.0462. The van der Waals surface area contributed by atoms with Crippen LogP contribution in [0.25, 0.3) is 0 Å². The molecule has 0 amide bonds. The minimum absolute atomic E-state index is 0.0550. The summed E-state index contributed by atoms with van der Waals surface area (Å²) in [6.07, 6.45) is -4.01. The maximum Gasteiger partial charge on any atom is 0.423 e. The molecule has 194 valence electrons. The summed E-state index contributed by atoms with van der Waals surface area (Å²) in [5, 5.41) is 6.52. The third-order valence-electron chi connectivity index (χ3n) is 4.51. The zero-order chi connectivity index (χ0) is 26.2. The van der Waals surface area contributed by atoms with Crippen molar-refractivity contribution in [2.24, 2.45) is 0 Å². The van der Waals surface area contributed by atoms with Crippen LogP contribution in [0.4, 0.5) is 18.9 Å². The monoisotopic (exact) mass is 501 g/mol. The van der Waals surface area contributed by atoms with Crippen molar-refractivity contribution >= 4 is 11.7 Å². The molecule has 1 aromatic heterocycles. The summed E-state index contributed by atoms with van der Waals surface area (Å²) < 4.78 is 62.8. The minimum Gasteiger partial charge on any atom is -0.497 e. The van der Waals surface area contributed by atoms with Gasteiger partial charge < -0.3 is 24.3 Å². The normalized spacial score (nSPS) is 12.8. The molecule has 1 atom stereocenters. The van der Waals surface area contributed by atoms with Gasteiger partial charge >= 0.3 is 12.1 Å². The maximum atomic E-state index is 13.9. The summed E-state index contributed by atoms with van der Waals surface area (Å²) >= 11 is 0. The lowest BCUT2D eigenvalue weighted by Crippen LogP contribution is -2.37. The molecule has 12 heteroatoms. The summed E-state index contributed by atoms with van der Waals surface area (Å²) in [5.41, 5.74) is -3.34. The van der Waals surface area contributed by atoms with Crippen LogP contribution in [0.15, 0.2) is 35.3 Å². The maximum absolute atomic E-state index is 13.9. The highest BCUT2D eigenvalue weighted by atomic mass is 19.4. The van der Waals surface area contributed by atoms with Crippen LogP contribution in [-0.2, 0) is 31.7 Å². The quantitative estimate of drug-likeness (QED) is 0.469. The molecule has 0 aliphatic rings. The van der Waals surface area contributed by atoms with Crippen LogP contribution in [0.1, 0.15) is 31.9 Å². The van der Waals surface area contributed by atoms with Gasteiger partial charge in [-0.25, -0.2) is 9.48 Å². The number of halogens is 3. The number of nitrogens with zero attached hydrogens (tertiary/aromatic N) is 2. The van der Waals surface area contributed by atoms with Crippen molar-refractivity contribution in [3.8, 4) is 5.75 Å². The van der Waals surface area contributed by atoms with Gasteiger partial charge in [0.1, 0.15) is 23.5 Å². The number of rotatable bonds is 11. The Balaban J connectivity index is 2.21. The fraction of sp³-hybridized carbons (Fsp3) is 0.522. The lowest BCUT2D eigenvalue weighted by atomic mass is 10.2. The number of hydrogen-bond acceptors (Lipinski definition) is 8. The number of anilines is 1. The zero-order valence-electron chi connectivity index (χ0n) is 20.3. The molecule has 1 heterocycles. The standard InChI is InChI=1S/C23H30F3N3O6/c1-22(2,3)35-19(30)14-34-13-16(12-32-4)28-18-10-27-29(21(31)20(18)23(24,25)26)11-15-6-8-17(33-5)9-7-15/h6-10,16,28H,11-14H2,1-5H3/t16-/m0/s1. The van der Waals surface area contributed by atoms with Gasteiger partial charge in [-0.05, 0) is 38.5 Å². The molecular weight excluding hydrogens is 471 g/mol. The number of ether oxygens (including phenoxy) is 4. The summed E-state index contributed by atoms with van der Waals surface area (Å²) in [6.45, 7) is 4.30. The van der Waals surface area contributed by atoms with E-state index in [0.29, 0.717) is 11.3 Å². The fourth-order valence-electron chi connectivity index (χ4n) is 3.10. The molecule has 1 aromatic carbocycles. The Hall–Kier alpha value is -3.12. The van der Waals surface area contributed by atoms with Gasteiger partial charge in [0.15, 0.2) is 0 Å². The van der Waals surface area contributed by atoms with Crippen molar-refractivity contribution in [3.05, 3.63) is 51.9 Å². The van der Waals surface area contributed by atoms with Crippen LogP contribution in [0, 0.1) is 0 Å². The Kier molecular flexibility index (Phi) is 9.66. The van der Waals surface area contributed by atoms with Gasteiger partial charge in [-0.3, -0.25) is 4.79 Å². The molecule has 35 heavy (non-hydrogen) atoms. The first kappa shape index (κ1) is 28.1. The highest BCUT2D eigenvalue weighted by Gasteiger charge is 2.38. The van der Waals surface area contributed by atoms with Crippen molar-refractivity contribution in [2.75, 3.05) is 39.4 Å². The number of esters is 1. The van der Waals surface area contributed by atoms with Gasteiger partial charge in [0.2, 0.25) is 0 Å². The molecule has 0 fully saturated rings. The average molecular weight is 502 g/mol. The van der Waals surface area contributed by atoms with E-state index in [-0.39, 0.29) is 19.8 Å². The minimum atomic E-state index is -4.95. The molecule has 2 aromatic rings. The number of benzene rings is 1. The summed E-state index contributed by atoms with van der Waals surface area (Å²) in [4.78, 5) is 24.5. The largest absolute Gasteiger partial charge is 0.497 e. The predicted octanol–water partition coefficient (Wildman–Crippen LogP) is 3.10. The van der Waals surface area contributed by atoms with E-state index in [1.165, 1.54) is 14.2 Å². The van der Waals surface area contributed by atoms with E-state index < -0.39 is 47.2 Å². The lowest BCUT2D eigenvalue weighted by molar-refractivity contribution is -0.160. The third kappa shape index (κ3) is 8.87. The molecule has 9 nitrogen and oxygen atoms in total. The lowest BCUT2D eigenvalue weighted by Gasteiger charge is -2.23. The van der Waals surface area contributed by atoms with E-state index in [1.807, 2.05) is 0 Å². The molecule has 1 N–H and O–H groups in total. The second-order valence-corrected chi connectivity index (χ2v) is 8.64. The Labute approximate surface area is 201 Å². The third-order valence-corrected chi connectivity index (χ3v) is 4.51. The Morgan fingerprint density at radius 3 is 2.31 bits per heavy atom. The van der Waals surface area contributed by atoms with E-state index in [4.69, 9.17) is 18.9 Å². The van der Waals surface area contributed by atoms with Gasteiger partial charge in [0.25, 0.3) is 5.56 Å². The molecule has 0 aliphatic heterocycles. The van der Waals surface area contributed by atoms with Crippen molar-refractivity contribution < 1.29 is 36.9 Å². The Morgan fingerprint density at radius 2 is 1.77 bits per heavy atom. The molecule has 0 radical (unpaired) electrons. The first-order valence-corrected chi connectivity index (χ1v) is 10.7. The van der Waals surface area contributed by atoms with Crippen LogP contribution >= 0.6 is 0 Å². The van der Waals surface area contributed by atoms with Crippen LogP contribution in [0.2, 0.25) is 0 Å². The molecule has 0 unspecified atom stereocenters. The van der Waals surface area contributed by atoms with Gasteiger partial charge in [-0.1, -0.05) is 12.1 Å². The number of aromatic nitrogens is 2. The number of nitrogens with one attached hydrogen (secondary N) is 1. The first-order valence-electron chi connectivity index (χ1n) is 10.7. The van der Waals surface area contributed by atoms with E-state index >= 15 is 0 Å². The van der Waals surface area contributed by atoms with Crippen molar-refractivity contribution in [2.45, 2.75) is 45.1 Å². The molecule has 2 rings (SSSR count). The van der Waals surface area contributed by atoms with Crippen molar-refractivity contribution in [1.82, 2.24) is 9.78 Å². The van der Waals surface area contributed by atoms with Gasteiger partial charge in [0.05, 0.1) is 44.8 Å². The second kappa shape index (κ2) is 12.0. The Bertz CT molecular complexity index is 1030. The molecule has 0 aliphatic carbocycles. The molecule has 0 saturated carbocycles. The Morgan fingerprint density at radius 1 is 1.11 bits per heavy atom. The van der Waals surface area contributed by atoms with Crippen molar-refractivity contribution in [3.63, 3.8) is 0 Å². The molecule has 0 bridgehead atoms. The average Bonchev–Trinajstić information content (AvgIpc) is 2.74. The van der Waals surface area contributed by atoms with Crippen LogP contribution in [-0.4, -0.2) is 61.4 Å². The second-order valence-electron chi connectivity index (χ2n) is 8.64. The van der Waals surface area contributed by atoms with Crippen LogP contribution < -0.4 is 15.6 Å². The number of hydrogen-bond donors (Lipinski definition) is 1. The van der Waals surface area contributed by atoms with Gasteiger partial charge in [-0.2, -0.15) is 18.3 Å². The molecule has 0 spiro atoms.